The number of hydrogen-bond acceptors (Lipinski definition) is 5. The standard InChI is InChI=1S/C18H26N2O4/c1-22-14-9-13(10-15(11-14)23-2)19-18(21)12-20-7-8-24-17-6-4-3-5-16(17)20/h9-11,16-17H,3-8,12H2,1-2H3,(H,19,21)/t16-,17-/m0/s1. The molecule has 2 fully saturated rings. The minimum atomic E-state index is -0.0171. The molecule has 2 atom stereocenters. The predicted octanol–water partition coefficient (Wildman–Crippen LogP) is 2.29. The van der Waals surface area contributed by atoms with Gasteiger partial charge in [0.1, 0.15) is 11.5 Å². The number of morpholine rings is 1. The third-order valence-electron chi connectivity index (χ3n) is 4.83. The summed E-state index contributed by atoms with van der Waals surface area (Å²) in [4.78, 5) is 14.7. The topological polar surface area (TPSA) is 60.0 Å². The zero-order valence-electron chi connectivity index (χ0n) is 14.4. The fourth-order valence-electron chi connectivity index (χ4n) is 3.64. The second kappa shape index (κ2) is 7.85. The van der Waals surface area contributed by atoms with Gasteiger partial charge in [-0.2, -0.15) is 0 Å². The number of fused-ring (bicyclic) bond motifs is 1. The Kier molecular flexibility index (Phi) is 5.58. The van der Waals surface area contributed by atoms with Gasteiger partial charge in [0, 0.05) is 36.5 Å². The Morgan fingerprint density at radius 1 is 1.21 bits per heavy atom. The molecule has 0 unspecified atom stereocenters. The fourth-order valence-corrected chi connectivity index (χ4v) is 3.64. The van der Waals surface area contributed by atoms with E-state index in [1.54, 1.807) is 32.4 Å². The molecule has 1 heterocycles. The summed E-state index contributed by atoms with van der Waals surface area (Å²) in [7, 11) is 3.19. The van der Waals surface area contributed by atoms with Crippen molar-refractivity contribution in [1.29, 1.82) is 0 Å². The average Bonchev–Trinajstić information content (AvgIpc) is 2.61. The molecular weight excluding hydrogens is 308 g/mol. The van der Waals surface area contributed by atoms with Crippen molar-refractivity contribution in [3.8, 4) is 11.5 Å². The maximum Gasteiger partial charge on any atom is 0.238 e. The van der Waals surface area contributed by atoms with E-state index in [-0.39, 0.29) is 12.0 Å². The summed E-state index contributed by atoms with van der Waals surface area (Å²) in [6.45, 7) is 1.92. The Morgan fingerprint density at radius 2 is 1.92 bits per heavy atom. The van der Waals surface area contributed by atoms with Gasteiger partial charge in [-0.25, -0.2) is 0 Å². The van der Waals surface area contributed by atoms with Crippen LogP contribution in [-0.4, -0.2) is 56.9 Å². The van der Waals surface area contributed by atoms with Crippen LogP contribution in [0.15, 0.2) is 18.2 Å². The highest BCUT2D eigenvalue weighted by atomic mass is 16.5. The number of methoxy groups -OCH3 is 2. The number of amides is 1. The van der Waals surface area contributed by atoms with Crippen LogP contribution in [0.2, 0.25) is 0 Å². The maximum absolute atomic E-state index is 12.5. The van der Waals surface area contributed by atoms with Gasteiger partial charge in [0.05, 0.1) is 33.5 Å². The summed E-state index contributed by atoms with van der Waals surface area (Å²) in [5.74, 6) is 1.29. The van der Waals surface area contributed by atoms with Gasteiger partial charge in [0.2, 0.25) is 5.91 Å². The van der Waals surface area contributed by atoms with E-state index in [9.17, 15) is 4.79 Å². The van der Waals surface area contributed by atoms with Crippen LogP contribution in [0, 0.1) is 0 Å². The van der Waals surface area contributed by atoms with Gasteiger partial charge in [0.25, 0.3) is 0 Å². The molecule has 1 aromatic rings. The van der Waals surface area contributed by atoms with Crippen LogP contribution in [0.5, 0.6) is 11.5 Å². The molecule has 1 saturated carbocycles. The third kappa shape index (κ3) is 3.99. The van der Waals surface area contributed by atoms with Crippen LogP contribution < -0.4 is 14.8 Å². The van der Waals surface area contributed by atoms with Crippen molar-refractivity contribution in [3.63, 3.8) is 0 Å². The Balaban J connectivity index is 1.62. The molecule has 0 radical (unpaired) electrons. The van der Waals surface area contributed by atoms with Gasteiger partial charge in [-0.3, -0.25) is 9.69 Å². The predicted molar refractivity (Wildman–Crippen MR) is 91.7 cm³/mol. The van der Waals surface area contributed by atoms with Crippen LogP contribution in [0.1, 0.15) is 25.7 Å². The minimum absolute atomic E-state index is 0.0171. The molecule has 6 heteroatoms. The number of carbonyl (C=O) groups is 1. The normalized spacial score (nSPS) is 24.1. The lowest BCUT2D eigenvalue weighted by Gasteiger charge is -2.43. The van der Waals surface area contributed by atoms with E-state index >= 15 is 0 Å². The summed E-state index contributed by atoms with van der Waals surface area (Å²) in [5, 5.41) is 2.95. The molecule has 2 aliphatic rings. The van der Waals surface area contributed by atoms with Crippen molar-refractivity contribution < 1.29 is 19.0 Å². The second-order valence-corrected chi connectivity index (χ2v) is 6.38. The van der Waals surface area contributed by atoms with Crippen molar-refractivity contribution in [3.05, 3.63) is 18.2 Å². The highest BCUT2D eigenvalue weighted by molar-refractivity contribution is 5.92. The molecule has 0 bridgehead atoms. The zero-order valence-corrected chi connectivity index (χ0v) is 14.4. The molecule has 1 amide bonds. The summed E-state index contributed by atoms with van der Waals surface area (Å²) >= 11 is 0. The van der Waals surface area contributed by atoms with Gasteiger partial charge >= 0.3 is 0 Å². The highest BCUT2D eigenvalue weighted by Crippen LogP contribution is 2.29. The van der Waals surface area contributed by atoms with Crippen molar-refractivity contribution in [2.45, 2.75) is 37.8 Å². The first kappa shape index (κ1) is 17.0. The Labute approximate surface area is 143 Å². The lowest BCUT2D eigenvalue weighted by Crippen LogP contribution is -2.54. The van der Waals surface area contributed by atoms with E-state index in [1.807, 2.05) is 0 Å². The first-order valence-electron chi connectivity index (χ1n) is 8.58. The molecule has 1 aliphatic heterocycles. The van der Waals surface area contributed by atoms with E-state index < -0.39 is 0 Å². The van der Waals surface area contributed by atoms with E-state index in [0.717, 1.165) is 19.4 Å². The SMILES string of the molecule is COc1cc(NC(=O)CN2CCO[C@H]3CCCC[C@@H]32)cc(OC)c1. The molecule has 132 valence electrons. The number of ether oxygens (including phenoxy) is 3. The van der Waals surface area contributed by atoms with Crippen molar-refractivity contribution in [2.24, 2.45) is 0 Å². The van der Waals surface area contributed by atoms with Gasteiger partial charge in [-0.1, -0.05) is 12.8 Å². The second-order valence-electron chi connectivity index (χ2n) is 6.38. The fraction of sp³-hybridized carbons (Fsp3) is 0.611. The third-order valence-corrected chi connectivity index (χ3v) is 4.83. The van der Waals surface area contributed by atoms with Gasteiger partial charge in [0.15, 0.2) is 0 Å². The molecule has 0 spiro atoms. The number of nitrogens with zero attached hydrogens (tertiary/aromatic N) is 1. The van der Waals surface area contributed by atoms with Gasteiger partial charge < -0.3 is 19.5 Å². The average molecular weight is 334 g/mol. The van der Waals surface area contributed by atoms with Crippen molar-refractivity contribution in [2.75, 3.05) is 39.2 Å². The maximum atomic E-state index is 12.5. The van der Waals surface area contributed by atoms with E-state index in [4.69, 9.17) is 14.2 Å². The molecule has 24 heavy (non-hydrogen) atoms. The molecule has 0 aromatic heterocycles. The van der Waals surface area contributed by atoms with E-state index in [0.29, 0.717) is 36.4 Å². The van der Waals surface area contributed by atoms with Gasteiger partial charge in [-0.15, -0.1) is 0 Å². The van der Waals surface area contributed by atoms with Crippen LogP contribution in [0.4, 0.5) is 5.69 Å². The summed E-state index contributed by atoms with van der Waals surface area (Å²) < 4.78 is 16.3. The van der Waals surface area contributed by atoms with Crippen molar-refractivity contribution in [1.82, 2.24) is 4.90 Å². The number of carbonyl (C=O) groups excluding carboxylic acids is 1. The number of anilines is 1. The lowest BCUT2D eigenvalue weighted by atomic mass is 9.90. The number of rotatable bonds is 5. The number of hydrogen-bond donors (Lipinski definition) is 1. The Bertz CT molecular complexity index is 554. The van der Waals surface area contributed by atoms with Crippen LogP contribution in [0.3, 0.4) is 0 Å². The molecule has 1 aromatic carbocycles. The van der Waals surface area contributed by atoms with Crippen LogP contribution >= 0.6 is 0 Å². The van der Waals surface area contributed by atoms with E-state index in [1.165, 1.54) is 12.8 Å². The quantitative estimate of drug-likeness (QED) is 0.895. The number of nitrogens with one attached hydrogen (secondary N) is 1. The first-order chi connectivity index (χ1) is 11.7. The number of benzene rings is 1. The first-order valence-corrected chi connectivity index (χ1v) is 8.58. The van der Waals surface area contributed by atoms with Crippen LogP contribution in [-0.2, 0) is 9.53 Å². The molecule has 1 aliphatic carbocycles. The largest absolute Gasteiger partial charge is 0.497 e. The van der Waals surface area contributed by atoms with E-state index in [2.05, 4.69) is 10.2 Å². The lowest BCUT2D eigenvalue weighted by molar-refractivity contribution is -0.124. The molecule has 6 nitrogen and oxygen atoms in total. The van der Waals surface area contributed by atoms with Gasteiger partial charge in [-0.05, 0) is 12.8 Å². The molecular formula is C18H26N2O4. The summed E-state index contributed by atoms with van der Waals surface area (Å²) in [6, 6.07) is 5.74. The Morgan fingerprint density at radius 3 is 2.62 bits per heavy atom. The Hall–Kier alpha value is -1.79. The minimum Gasteiger partial charge on any atom is -0.497 e. The smallest absolute Gasteiger partial charge is 0.238 e. The summed E-state index contributed by atoms with van der Waals surface area (Å²) in [5.41, 5.74) is 0.685. The monoisotopic (exact) mass is 334 g/mol. The van der Waals surface area contributed by atoms with Crippen molar-refractivity contribution >= 4 is 11.6 Å². The van der Waals surface area contributed by atoms with Crippen LogP contribution in [0.25, 0.3) is 0 Å². The molecule has 1 saturated heterocycles. The molecule has 3 rings (SSSR count). The molecule has 1 N–H and O–H groups in total. The highest BCUT2D eigenvalue weighted by Gasteiger charge is 2.34. The summed E-state index contributed by atoms with van der Waals surface area (Å²) in [6.07, 6.45) is 4.96. The zero-order chi connectivity index (χ0) is 16.9.